The highest BCUT2D eigenvalue weighted by molar-refractivity contribution is 9.10. The standard InChI is InChI=1S/C21H18BrClFNO/c1-14-19(23)6-3-7-20(14)25-12-16-11-17(22)8-9-21(16)26-13-15-4-2-5-18(24)10-15/h2-11,25H,12-13H2,1H3. The van der Waals surface area contributed by atoms with Gasteiger partial charge in [0.1, 0.15) is 18.2 Å². The molecule has 0 radical (unpaired) electrons. The van der Waals surface area contributed by atoms with E-state index in [4.69, 9.17) is 16.3 Å². The predicted octanol–water partition coefficient (Wildman–Crippen LogP) is 6.74. The number of halogens is 3. The molecule has 0 bridgehead atoms. The second-order valence-corrected chi connectivity index (χ2v) is 7.26. The number of hydrogen-bond acceptors (Lipinski definition) is 2. The van der Waals surface area contributed by atoms with Crippen molar-refractivity contribution in [3.63, 3.8) is 0 Å². The third kappa shape index (κ3) is 4.77. The second-order valence-electron chi connectivity index (χ2n) is 5.94. The fourth-order valence-corrected chi connectivity index (χ4v) is 3.19. The van der Waals surface area contributed by atoms with Crippen LogP contribution in [0.5, 0.6) is 5.75 Å². The zero-order valence-electron chi connectivity index (χ0n) is 14.2. The van der Waals surface area contributed by atoms with Crippen molar-refractivity contribution in [2.75, 3.05) is 5.32 Å². The van der Waals surface area contributed by atoms with Crippen molar-refractivity contribution in [2.45, 2.75) is 20.1 Å². The summed E-state index contributed by atoms with van der Waals surface area (Å²) in [6.45, 7) is 2.87. The summed E-state index contributed by atoms with van der Waals surface area (Å²) in [5, 5.41) is 4.13. The number of anilines is 1. The number of nitrogens with one attached hydrogen (secondary N) is 1. The molecule has 0 aromatic heterocycles. The Kier molecular flexibility index (Phi) is 6.17. The van der Waals surface area contributed by atoms with E-state index in [-0.39, 0.29) is 5.82 Å². The van der Waals surface area contributed by atoms with Gasteiger partial charge < -0.3 is 10.1 Å². The van der Waals surface area contributed by atoms with Gasteiger partial charge in [-0.2, -0.15) is 0 Å². The molecule has 0 heterocycles. The van der Waals surface area contributed by atoms with Crippen molar-refractivity contribution in [1.82, 2.24) is 0 Å². The highest BCUT2D eigenvalue weighted by Gasteiger charge is 2.08. The number of benzene rings is 3. The van der Waals surface area contributed by atoms with E-state index in [9.17, 15) is 4.39 Å². The minimum absolute atomic E-state index is 0.264. The van der Waals surface area contributed by atoms with E-state index < -0.39 is 0 Å². The van der Waals surface area contributed by atoms with Gasteiger partial charge in [0, 0.05) is 27.3 Å². The van der Waals surface area contributed by atoms with Gasteiger partial charge in [-0.1, -0.05) is 45.7 Å². The van der Waals surface area contributed by atoms with Crippen LogP contribution in [0, 0.1) is 12.7 Å². The van der Waals surface area contributed by atoms with E-state index in [1.54, 1.807) is 6.07 Å². The molecule has 0 fully saturated rings. The van der Waals surface area contributed by atoms with E-state index in [1.807, 2.05) is 49.4 Å². The predicted molar refractivity (Wildman–Crippen MR) is 108 cm³/mol. The quantitative estimate of drug-likeness (QED) is 0.464. The van der Waals surface area contributed by atoms with Gasteiger partial charge in [-0.15, -0.1) is 0 Å². The molecule has 0 unspecified atom stereocenters. The molecule has 5 heteroatoms. The Hall–Kier alpha value is -2.04. The summed E-state index contributed by atoms with van der Waals surface area (Å²) in [4.78, 5) is 0. The largest absolute Gasteiger partial charge is 0.489 e. The van der Waals surface area contributed by atoms with Crippen LogP contribution in [0.15, 0.2) is 65.1 Å². The van der Waals surface area contributed by atoms with E-state index in [0.29, 0.717) is 13.2 Å². The van der Waals surface area contributed by atoms with E-state index in [2.05, 4.69) is 21.2 Å². The molecule has 0 aliphatic rings. The molecular formula is C21H18BrClFNO. The molecule has 0 atom stereocenters. The lowest BCUT2D eigenvalue weighted by molar-refractivity contribution is 0.302. The highest BCUT2D eigenvalue weighted by atomic mass is 79.9. The van der Waals surface area contributed by atoms with Crippen molar-refractivity contribution in [3.05, 3.63) is 92.7 Å². The maximum absolute atomic E-state index is 13.3. The van der Waals surface area contributed by atoms with Crippen LogP contribution < -0.4 is 10.1 Å². The maximum Gasteiger partial charge on any atom is 0.124 e. The summed E-state index contributed by atoms with van der Waals surface area (Å²) >= 11 is 9.68. The molecule has 134 valence electrons. The van der Waals surface area contributed by atoms with Crippen LogP contribution in [0.25, 0.3) is 0 Å². The molecule has 0 saturated heterocycles. The molecule has 0 aliphatic carbocycles. The summed E-state index contributed by atoms with van der Waals surface area (Å²) in [5.74, 6) is 0.491. The van der Waals surface area contributed by atoms with E-state index in [1.165, 1.54) is 12.1 Å². The van der Waals surface area contributed by atoms with Gasteiger partial charge in [-0.05, 0) is 60.5 Å². The third-order valence-corrected chi connectivity index (χ3v) is 4.95. The fourth-order valence-electron chi connectivity index (χ4n) is 2.60. The highest BCUT2D eigenvalue weighted by Crippen LogP contribution is 2.27. The molecular weight excluding hydrogens is 417 g/mol. The second kappa shape index (κ2) is 8.56. The smallest absolute Gasteiger partial charge is 0.124 e. The summed E-state index contributed by atoms with van der Waals surface area (Å²) in [6.07, 6.45) is 0. The third-order valence-electron chi connectivity index (χ3n) is 4.04. The first-order valence-electron chi connectivity index (χ1n) is 8.17. The summed E-state index contributed by atoms with van der Waals surface area (Å²) < 4.78 is 20.2. The molecule has 3 aromatic rings. The SMILES string of the molecule is Cc1c(Cl)cccc1NCc1cc(Br)ccc1OCc1cccc(F)c1. The van der Waals surface area contributed by atoms with Gasteiger partial charge in [0.05, 0.1) is 0 Å². The monoisotopic (exact) mass is 433 g/mol. The molecule has 0 spiro atoms. The minimum atomic E-state index is -0.264. The van der Waals surface area contributed by atoms with E-state index >= 15 is 0 Å². The Balaban J connectivity index is 1.74. The van der Waals surface area contributed by atoms with Gasteiger partial charge in [-0.25, -0.2) is 4.39 Å². The van der Waals surface area contributed by atoms with Gasteiger partial charge in [0.25, 0.3) is 0 Å². The molecule has 0 saturated carbocycles. The van der Waals surface area contributed by atoms with Crippen LogP contribution in [-0.2, 0) is 13.2 Å². The van der Waals surface area contributed by atoms with Crippen LogP contribution in [0.2, 0.25) is 5.02 Å². The lowest BCUT2D eigenvalue weighted by atomic mass is 10.1. The Morgan fingerprint density at radius 3 is 2.69 bits per heavy atom. The molecule has 2 nitrogen and oxygen atoms in total. The number of rotatable bonds is 6. The molecule has 3 rings (SSSR count). The lowest BCUT2D eigenvalue weighted by Gasteiger charge is -2.15. The van der Waals surface area contributed by atoms with Gasteiger partial charge >= 0.3 is 0 Å². The van der Waals surface area contributed by atoms with Crippen molar-refractivity contribution >= 4 is 33.2 Å². The Labute approximate surface area is 166 Å². The summed E-state index contributed by atoms with van der Waals surface area (Å²) in [7, 11) is 0. The van der Waals surface area contributed by atoms with Crippen LogP contribution in [-0.4, -0.2) is 0 Å². The van der Waals surface area contributed by atoms with E-state index in [0.717, 1.165) is 37.6 Å². The fraction of sp³-hybridized carbons (Fsp3) is 0.143. The molecule has 3 aromatic carbocycles. The molecule has 1 N–H and O–H groups in total. The maximum atomic E-state index is 13.3. The van der Waals surface area contributed by atoms with Crippen molar-refractivity contribution < 1.29 is 9.13 Å². The number of hydrogen-bond donors (Lipinski definition) is 1. The van der Waals surface area contributed by atoms with Gasteiger partial charge in [0.2, 0.25) is 0 Å². The van der Waals surface area contributed by atoms with Crippen LogP contribution in [0.3, 0.4) is 0 Å². The zero-order valence-corrected chi connectivity index (χ0v) is 16.6. The Bertz CT molecular complexity index is 916. The van der Waals surface area contributed by atoms with Crippen molar-refractivity contribution in [2.24, 2.45) is 0 Å². The first-order valence-corrected chi connectivity index (χ1v) is 9.34. The Morgan fingerprint density at radius 2 is 1.88 bits per heavy atom. The average molecular weight is 435 g/mol. The molecule has 0 amide bonds. The average Bonchev–Trinajstić information content (AvgIpc) is 2.62. The van der Waals surface area contributed by atoms with Gasteiger partial charge in [-0.3, -0.25) is 0 Å². The van der Waals surface area contributed by atoms with Crippen LogP contribution in [0.4, 0.5) is 10.1 Å². The molecule has 26 heavy (non-hydrogen) atoms. The Morgan fingerprint density at radius 1 is 1.08 bits per heavy atom. The van der Waals surface area contributed by atoms with Crippen molar-refractivity contribution in [1.29, 1.82) is 0 Å². The normalized spacial score (nSPS) is 10.6. The first-order chi connectivity index (χ1) is 12.5. The van der Waals surface area contributed by atoms with Crippen molar-refractivity contribution in [3.8, 4) is 5.75 Å². The molecule has 0 aliphatic heterocycles. The first kappa shape index (κ1) is 18.7. The summed E-state index contributed by atoms with van der Waals surface area (Å²) in [5.41, 5.74) is 3.77. The minimum Gasteiger partial charge on any atom is -0.489 e. The summed E-state index contributed by atoms with van der Waals surface area (Å²) in [6, 6.07) is 18.0. The zero-order chi connectivity index (χ0) is 18.5. The van der Waals surface area contributed by atoms with Crippen LogP contribution >= 0.6 is 27.5 Å². The van der Waals surface area contributed by atoms with Gasteiger partial charge in [0.15, 0.2) is 0 Å². The topological polar surface area (TPSA) is 21.3 Å². The lowest BCUT2D eigenvalue weighted by Crippen LogP contribution is -2.05. The number of ether oxygens (including phenoxy) is 1. The van der Waals surface area contributed by atoms with Crippen LogP contribution in [0.1, 0.15) is 16.7 Å².